The fraction of sp³-hybridized carbons (Fsp3) is 0.647. The van der Waals surface area contributed by atoms with Crippen LogP contribution in [-0.2, 0) is 6.42 Å². The van der Waals surface area contributed by atoms with Crippen LogP contribution >= 0.6 is 0 Å². The molecule has 1 atom stereocenters. The van der Waals surface area contributed by atoms with Crippen molar-refractivity contribution in [1.82, 2.24) is 5.32 Å². The molecular formula is C17H29N. The van der Waals surface area contributed by atoms with Crippen LogP contribution in [0.2, 0.25) is 0 Å². The molecule has 0 aliphatic carbocycles. The Kier molecular flexibility index (Phi) is 6.42. The first-order valence-electron chi connectivity index (χ1n) is 7.28. The summed E-state index contributed by atoms with van der Waals surface area (Å²) in [5.74, 6) is 2.27. The lowest BCUT2D eigenvalue weighted by molar-refractivity contribution is 0.267. The summed E-state index contributed by atoms with van der Waals surface area (Å²) in [4.78, 5) is 0. The van der Waals surface area contributed by atoms with E-state index in [9.17, 15) is 0 Å². The van der Waals surface area contributed by atoms with E-state index in [0.717, 1.165) is 30.7 Å². The molecule has 1 nitrogen and oxygen atoms in total. The van der Waals surface area contributed by atoms with Gasteiger partial charge in [0, 0.05) is 6.04 Å². The maximum Gasteiger partial charge on any atom is 0.00792 e. The first-order valence-corrected chi connectivity index (χ1v) is 7.28. The van der Waals surface area contributed by atoms with Crippen molar-refractivity contribution in [2.45, 2.75) is 47.1 Å². The number of hydrogen-bond donors (Lipinski definition) is 1. The normalized spacial score (nSPS) is 13.6. The van der Waals surface area contributed by atoms with Crippen molar-refractivity contribution in [3.63, 3.8) is 0 Å². The summed E-state index contributed by atoms with van der Waals surface area (Å²) in [6.07, 6.45) is 1.11. The molecule has 1 rings (SSSR count). The third kappa shape index (κ3) is 5.22. The van der Waals surface area contributed by atoms with Crippen LogP contribution < -0.4 is 5.32 Å². The number of rotatable bonds is 7. The van der Waals surface area contributed by atoms with E-state index in [-0.39, 0.29) is 0 Å². The Bertz CT molecular complexity index is 308. The van der Waals surface area contributed by atoms with Gasteiger partial charge in [0.05, 0.1) is 0 Å². The molecule has 0 amide bonds. The highest BCUT2D eigenvalue weighted by Gasteiger charge is 2.17. The van der Waals surface area contributed by atoms with Crippen LogP contribution in [0, 0.1) is 17.8 Å². The first kappa shape index (κ1) is 15.2. The van der Waals surface area contributed by atoms with Crippen molar-refractivity contribution < 1.29 is 0 Å². The van der Waals surface area contributed by atoms with Crippen molar-refractivity contribution in [3.05, 3.63) is 35.9 Å². The number of nitrogens with one attached hydrogen (secondary N) is 1. The lowest BCUT2D eigenvalue weighted by Gasteiger charge is -2.27. The van der Waals surface area contributed by atoms with E-state index in [1.165, 1.54) is 5.56 Å². The zero-order valence-corrected chi connectivity index (χ0v) is 12.6. The van der Waals surface area contributed by atoms with Crippen LogP contribution in [0.15, 0.2) is 30.3 Å². The minimum absolute atomic E-state index is 0.549. The van der Waals surface area contributed by atoms with E-state index in [4.69, 9.17) is 0 Å². The van der Waals surface area contributed by atoms with Crippen molar-refractivity contribution in [2.24, 2.45) is 17.8 Å². The molecule has 1 unspecified atom stereocenters. The summed E-state index contributed by atoms with van der Waals surface area (Å²) in [5.41, 5.74) is 1.42. The van der Waals surface area contributed by atoms with Gasteiger partial charge in [0.15, 0.2) is 0 Å². The van der Waals surface area contributed by atoms with Crippen LogP contribution in [0.25, 0.3) is 0 Å². The Morgan fingerprint density at radius 3 is 1.94 bits per heavy atom. The van der Waals surface area contributed by atoms with Gasteiger partial charge in [0.1, 0.15) is 0 Å². The predicted octanol–water partition coefficient (Wildman–Crippen LogP) is 4.14. The van der Waals surface area contributed by atoms with Gasteiger partial charge in [-0.3, -0.25) is 0 Å². The molecule has 1 aromatic rings. The van der Waals surface area contributed by atoms with Crippen molar-refractivity contribution >= 4 is 0 Å². The highest BCUT2D eigenvalue weighted by molar-refractivity contribution is 5.15. The molecule has 0 heterocycles. The Labute approximate surface area is 113 Å². The Morgan fingerprint density at radius 1 is 0.889 bits per heavy atom. The second-order valence-corrected chi connectivity index (χ2v) is 6.15. The van der Waals surface area contributed by atoms with Gasteiger partial charge in [-0.25, -0.2) is 0 Å². The lowest BCUT2D eigenvalue weighted by atomic mass is 9.85. The fourth-order valence-electron chi connectivity index (χ4n) is 2.62. The second-order valence-electron chi connectivity index (χ2n) is 6.15. The minimum atomic E-state index is 0.549. The highest BCUT2D eigenvalue weighted by atomic mass is 14.9. The van der Waals surface area contributed by atoms with E-state index >= 15 is 0 Å². The Balaban J connectivity index is 2.38. The average molecular weight is 247 g/mol. The summed E-state index contributed by atoms with van der Waals surface area (Å²) in [5, 5.41) is 3.69. The van der Waals surface area contributed by atoms with Crippen molar-refractivity contribution in [2.75, 3.05) is 6.54 Å². The standard InChI is InChI=1S/C17H29N/c1-13(2)17(14(3)4)12-18-15(5)11-16-9-7-6-8-10-16/h6-10,13-15,17-18H,11-12H2,1-5H3. The molecule has 0 saturated carbocycles. The van der Waals surface area contributed by atoms with Crippen LogP contribution in [0.1, 0.15) is 40.2 Å². The van der Waals surface area contributed by atoms with Gasteiger partial charge in [-0.15, -0.1) is 0 Å². The van der Waals surface area contributed by atoms with Gasteiger partial charge in [-0.2, -0.15) is 0 Å². The first-order chi connectivity index (χ1) is 8.50. The number of hydrogen-bond acceptors (Lipinski definition) is 1. The topological polar surface area (TPSA) is 12.0 Å². The highest BCUT2D eigenvalue weighted by Crippen LogP contribution is 2.19. The summed E-state index contributed by atoms with van der Waals surface area (Å²) in [6.45, 7) is 12.7. The van der Waals surface area contributed by atoms with Gasteiger partial charge in [0.2, 0.25) is 0 Å². The average Bonchev–Trinajstić information content (AvgIpc) is 2.29. The molecule has 0 aliphatic heterocycles. The molecule has 1 heteroatoms. The molecule has 0 aromatic heterocycles. The van der Waals surface area contributed by atoms with Crippen LogP contribution in [0.5, 0.6) is 0 Å². The minimum Gasteiger partial charge on any atom is -0.314 e. The largest absolute Gasteiger partial charge is 0.314 e. The van der Waals surface area contributed by atoms with Gasteiger partial charge >= 0.3 is 0 Å². The predicted molar refractivity (Wildman–Crippen MR) is 80.8 cm³/mol. The number of benzene rings is 1. The molecule has 0 radical (unpaired) electrons. The molecule has 0 spiro atoms. The molecule has 1 N–H and O–H groups in total. The van der Waals surface area contributed by atoms with Gasteiger partial charge in [-0.1, -0.05) is 58.0 Å². The van der Waals surface area contributed by atoms with E-state index in [1.54, 1.807) is 0 Å². The molecule has 0 saturated heterocycles. The maximum atomic E-state index is 3.69. The lowest BCUT2D eigenvalue weighted by Crippen LogP contribution is -2.36. The third-order valence-corrected chi connectivity index (χ3v) is 3.80. The quantitative estimate of drug-likeness (QED) is 0.763. The summed E-state index contributed by atoms with van der Waals surface area (Å²) < 4.78 is 0. The van der Waals surface area contributed by atoms with Gasteiger partial charge in [-0.05, 0) is 43.2 Å². The van der Waals surface area contributed by atoms with Crippen LogP contribution in [-0.4, -0.2) is 12.6 Å². The van der Waals surface area contributed by atoms with Crippen molar-refractivity contribution in [1.29, 1.82) is 0 Å². The third-order valence-electron chi connectivity index (χ3n) is 3.80. The zero-order valence-electron chi connectivity index (χ0n) is 12.6. The van der Waals surface area contributed by atoms with E-state index in [2.05, 4.69) is 70.3 Å². The molecule has 0 aliphatic rings. The SMILES string of the molecule is CC(Cc1ccccc1)NCC(C(C)C)C(C)C. The molecule has 0 fully saturated rings. The Morgan fingerprint density at radius 2 is 1.44 bits per heavy atom. The second kappa shape index (κ2) is 7.58. The molecule has 1 aromatic carbocycles. The molecular weight excluding hydrogens is 218 g/mol. The monoisotopic (exact) mass is 247 g/mol. The van der Waals surface area contributed by atoms with E-state index in [0.29, 0.717) is 6.04 Å². The summed E-state index contributed by atoms with van der Waals surface area (Å²) in [6, 6.07) is 11.3. The molecule has 0 bridgehead atoms. The van der Waals surface area contributed by atoms with Crippen molar-refractivity contribution in [3.8, 4) is 0 Å². The molecule has 18 heavy (non-hydrogen) atoms. The van der Waals surface area contributed by atoms with E-state index < -0.39 is 0 Å². The van der Waals surface area contributed by atoms with Gasteiger partial charge in [0.25, 0.3) is 0 Å². The van der Waals surface area contributed by atoms with Crippen LogP contribution in [0.4, 0.5) is 0 Å². The van der Waals surface area contributed by atoms with Crippen LogP contribution in [0.3, 0.4) is 0 Å². The summed E-state index contributed by atoms with van der Waals surface area (Å²) in [7, 11) is 0. The smallest absolute Gasteiger partial charge is 0.00792 e. The van der Waals surface area contributed by atoms with E-state index in [1.807, 2.05) is 0 Å². The van der Waals surface area contributed by atoms with Gasteiger partial charge < -0.3 is 5.32 Å². The Hall–Kier alpha value is -0.820. The molecule has 102 valence electrons. The summed E-state index contributed by atoms with van der Waals surface area (Å²) >= 11 is 0. The maximum absolute atomic E-state index is 3.69. The fourth-order valence-corrected chi connectivity index (χ4v) is 2.62. The zero-order chi connectivity index (χ0) is 13.5.